The van der Waals surface area contributed by atoms with E-state index >= 15 is 0 Å². The van der Waals surface area contributed by atoms with Crippen LogP contribution in [0.25, 0.3) is 0 Å². The maximum absolute atomic E-state index is 12.5. The van der Waals surface area contributed by atoms with E-state index in [1.165, 1.54) is 5.82 Å². The topological polar surface area (TPSA) is 54.3 Å². The lowest BCUT2D eigenvalue weighted by Crippen LogP contribution is -2.39. The second-order valence-corrected chi connectivity index (χ2v) is 8.39. The Labute approximate surface area is 159 Å². The van der Waals surface area contributed by atoms with E-state index in [1.807, 2.05) is 23.4 Å². The van der Waals surface area contributed by atoms with E-state index in [4.69, 9.17) is 0 Å². The average Bonchev–Trinajstić information content (AvgIpc) is 3.24. The van der Waals surface area contributed by atoms with Crippen molar-refractivity contribution in [1.82, 2.24) is 24.3 Å². The molecule has 0 unspecified atom stereocenters. The first-order valence-electron chi connectivity index (χ1n) is 9.37. The SMILES string of the molecule is Cc1nc(CC(=O)N2CCC(c3nccn3CCCN(C)C)CC2)cs1. The number of hydrogen-bond acceptors (Lipinski definition) is 5. The van der Waals surface area contributed by atoms with Gasteiger partial charge in [0, 0.05) is 43.3 Å². The number of imidazole rings is 1. The van der Waals surface area contributed by atoms with Gasteiger partial charge in [-0.2, -0.15) is 0 Å². The fourth-order valence-corrected chi connectivity index (χ4v) is 4.18. The summed E-state index contributed by atoms with van der Waals surface area (Å²) in [7, 11) is 4.21. The highest BCUT2D eigenvalue weighted by molar-refractivity contribution is 7.09. The molecule has 2 aromatic rings. The van der Waals surface area contributed by atoms with Crippen LogP contribution in [0.15, 0.2) is 17.8 Å². The van der Waals surface area contributed by atoms with Gasteiger partial charge in [0.05, 0.1) is 17.1 Å². The second kappa shape index (κ2) is 8.77. The van der Waals surface area contributed by atoms with Crippen molar-refractivity contribution in [3.05, 3.63) is 34.3 Å². The molecular weight excluding hydrogens is 346 g/mol. The Morgan fingerprint density at radius 3 is 2.77 bits per heavy atom. The number of aromatic nitrogens is 3. The predicted octanol–water partition coefficient (Wildman–Crippen LogP) is 2.55. The van der Waals surface area contributed by atoms with E-state index in [2.05, 4.69) is 39.7 Å². The normalized spacial score (nSPS) is 15.8. The number of thiazole rings is 1. The molecular formula is C19H29N5OS. The number of amides is 1. The van der Waals surface area contributed by atoms with Crippen molar-refractivity contribution in [2.45, 2.75) is 45.1 Å². The van der Waals surface area contributed by atoms with E-state index in [0.717, 1.165) is 56.1 Å². The van der Waals surface area contributed by atoms with Crippen LogP contribution in [0, 0.1) is 6.92 Å². The lowest BCUT2D eigenvalue weighted by Gasteiger charge is -2.32. The molecule has 1 amide bonds. The van der Waals surface area contributed by atoms with Crippen LogP contribution in [0.5, 0.6) is 0 Å². The van der Waals surface area contributed by atoms with Crippen LogP contribution in [0.3, 0.4) is 0 Å². The molecule has 142 valence electrons. The summed E-state index contributed by atoms with van der Waals surface area (Å²) in [6.45, 7) is 5.70. The maximum atomic E-state index is 12.5. The highest BCUT2D eigenvalue weighted by atomic mass is 32.1. The highest BCUT2D eigenvalue weighted by Crippen LogP contribution is 2.27. The fraction of sp³-hybridized carbons (Fsp3) is 0.632. The number of nitrogens with zero attached hydrogens (tertiary/aromatic N) is 5. The largest absolute Gasteiger partial charge is 0.342 e. The number of hydrogen-bond donors (Lipinski definition) is 0. The van der Waals surface area contributed by atoms with Gasteiger partial charge in [-0.05, 0) is 46.8 Å². The minimum Gasteiger partial charge on any atom is -0.342 e. The van der Waals surface area contributed by atoms with E-state index in [9.17, 15) is 4.79 Å². The van der Waals surface area contributed by atoms with Gasteiger partial charge < -0.3 is 14.4 Å². The molecule has 0 aliphatic carbocycles. The summed E-state index contributed by atoms with van der Waals surface area (Å²) in [6, 6.07) is 0. The van der Waals surface area contributed by atoms with Gasteiger partial charge in [0.15, 0.2) is 0 Å². The third kappa shape index (κ3) is 4.92. The van der Waals surface area contributed by atoms with Crippen LogP contribution in [-0.4, -0.2) is 64.0 Å². The van der Waals surface area contributed by atoms with Gasteiger partial charge in [0.1, 0.15) is 5.82 Å². The molecule has 1 saturated heterocycles. The van der Waals surface area contributed by atoms with Crippen LogP contribution >= 0.6 is 11.3 Å². The Hall–Kier alpha value is -1.73. The number of rotatable bonds is 7. The zero-order valence-corrected chi connectivity index (χ0v) is 16.8. The van der Waals surface area contributed by atoms with Gasteiger partial charge in [0.25, 0.3) is 0 Å². The van der Waals surface area contributed by atoms with Crippen molar-refractivity contribution < 1.29 is 4.79 Å². The summed E-state index contributed by atoms with van der Waals surface area (Å²) < 4.78 is 2.30. The van der Waals surface area contributed by atoms with Gasteiger partial charge >= 0.3 is 0 Å². The first-order chi connectivity index (χ1) is 12.5. The lowest BCUT2D eigenvalue weighted by molar-refractivity contribution is -0.131. The molecule has 26 heavy (non-hydrogen) atoms. The fourth-order valence-electron chi connectivity index (χ4n) is 3.57. The predicted molar refractivity (Wildman–Crippen MR) is 105 cm³/mol. The second-order valence-electron chi connectivity index (χ2n) is 7.33. The highest BCUT2D eigenvalue weighted by Gasteiger charge is 2.26. The Bertz CT molecular complexity index is 715. The van der Waals surface area contributed by atoms with Crippen LogP contribution in [0.4, 0.5) is 0 Å². The number of likely N-dealkylation sites (tertiary alicyclic amines) is 1. The van der Waals surface area contributed by atoms with Crippen LogP contribution in [0.2, 0.25) is 0 Å². The molecule has 1 fully saturated rings. The van der Waals surface area contributed by atoms with E-state index in [0.29, 0.717) is 12.3 Å². The smallest absolute Gasteiger partial charge is 0.228 e. The van der Waals surface area contributed by atoms with Gasteiger partial charge in [-0.15, -0.1) is 11.3 Å². The van der Waals surface area contributed by atoms with Crippen LogP contribution in [-0.2, 0) is 17.8 Å². The summed E-state index contributed by atoms with van der Waals surface area (Å²) in [4.78, 5) is 25.7. The first-order valence-corrected chi connectivity index (χ1v) is 10.3. The maximum Gasteiger partial charge on any atom is 0.228 e. The van der Waals surface area contributed by atoms with E-state index in [1.54, 1.807) is 11.3 Å². The molecule has 3 rings (SSSR count). The van der Waals surface area contributed by atoms with Crippen LogP contribution < -0.4 is 0 Å². The number of piperidine rings is 1. The Kier molecular flexibility index (Phi) is 6.43. The summed E-state index contributed by atoms with van der Waals surface area (Å²) in [5, 5.41) is 3.01. The van der Waals surface area contributed by atoms with Crippen molar-refractivity contribution >= 4 is 17.2 Å². The molecule has 1 aliphatic rings. The minimum atomic E-state index is 0.197. The zero-order chi connectivity index (χ0) is 18.5. The Balaban J connectivity index is 1.50. The van der Waals surface area contributed by atoms with E-state index < -0.39 is 0 Å². The molecule has 0 aromatic carbocycles. The monoisotopic (exact) mass is 375 g/mol. The molecule has 3 heterocycles. The number of aryl methyl sites for hydroxylation is 2. The molecule has 0 N–H and O–H groups in total. The minimum absolute atomic E-state index is 0.197. The molecule has 2 aromatic heterocycles. The van der Waals surface area contributed by atoms with Crippen molar-refractivity contribution in [1.29, 1.82) is 0 Å². The molecule has 0 bridgehead atoms. The number of carbonyl (C=O) groups excluding carboxylic acids is 1. The number of carbonyl (C=O) groups is 1. The van der Waals surface area contributed by atoms with Gasteiger partial charge in [-0.1, -0.05) is 0 Å². The van der Waals surface area contributed by atoms with Gasteiger partial charge in [0.2, 0.25) is 5.91 Å². The van der Waals surface area contributed by atoms with Crippen molar-refractivity contribution in [2.24, 2.45) is 0 Å². The molecule has 0 radical (unpaired) electrons. The summed E-state index contributed by atoms with van der Waals surface area (Å²) in [5.74, 6) is 1.84. The van der Waals surface area contributed by atoms with Crippen molar-refractivity contribution in [3.63, 3.8) is 0 Å². The third-order valence-corrected chi connectivity index (χ3v) is 5.79. The summed E-state index contributed by atoms with van der Waals surface area (Å²) >= 11 is 1.61. The van der Waals surface area contributed by atoms with Gasteiger partial charge in [-0.25, -0.2) is 9.97 Å². The van der Waals surface area contributed by atoms with Crippen LogP contribution in [0.1, 0.15) is 41.7 Å². The zero-order valence-electron chi connectivity index (χ0n) is 16.0. The summed E-state index contributed by atoms with van der Waals surface area (Å²) in [6.07, 6.45) is 7.54. The lowest BCUT2D eigenvalue weighted by atomic mass is 9.95. The Morgan fingerprint density at radius 2 is 2.12 bits per heavy atom. The molecule has 1 aliphatic heterocycles. The standard InChI is InChI=1S/C19H29N5OS/c1-15-21-17(14-26-15)13-18(25)23-10-5-16(6-11-23)19-20-7-12-24(19)9-4-8-22(2)3/h7,12,14,16H,4-6,8-11,13H2,1-3H3. The van der Waals surface area contributed by atoms with Crippen molar-refractivity contribution in [3.8, 4) is 0 Å². The molecule has 6 nitrogen and oxygen atoms in total. The molecule has 7 heteroatoms. The van der Waals surface area contributed by atoms with E-state index in [-0.39, 0.29) is 5.91 Å². The molecule has 0 atom stereocenters. The molecule has 0 saturated carbocycles. The quantitative estimate of drug-likeness (QED) is 0.746. The third-order valence-electron chi connectivity index (χ3n) is 4.96. The molecule has 0 spiro atoms. The average molecular weight is 376 g/mol. The first kappa shape index (κ1) is 19.0. The van der Waals surface area contributed by atoms with Crippen molar-refractivity contribution in [2.75, 3.05) is 33.7 Å². The summed E-state index contributed by atoms with van der Waals surface area (Å²) in [5.41, 5.74) is 0.899. The Morgan fingerprint density at radius 1 is 1.35 bits per heavy atom. The van der Waals surface area contributed by atoms with Gasteiger partial charge in [-0.3, -0.25) is 4.79 Å².